The van der Waals surface area contributed by atoms with Crippen molar-refractivity contribution in [3.8, 4) is 0 Å². The van der Waals surface area contributed by atoms with Crippen LogP contribution < -0.4 is 0 Å². The summed E-state index contributed by atoms with van der Waals surface area (Å²) in [7, 11) is 0. The number of ether oxygens (including phenoxy) is 1. The molecule has 1 atom stereocenters. The van der Waals surface area contributed by atoms with Gasteiger partial charge in [0.2, 0.25) is 0 Å². The lowest BCUT2D eigenvalue weighted by atomic mass is 9.82. The molecule has 2 fully saturated rings. The Balaban J connectivity index is 2.02. The second-order valence-electron chi connectivity index (χ2n) is 5.44. The summed E-state index contributed by atoms with van der Waals surface area (Å²) in [5.41, 5.74) is -0.657. The van der Waals surface area contributed by atoms with Gasteiger partial charge in [-0.25, -0.2) is 0 Å². The monoisotopic (exact) mass is 241 g/mol. The molecule has 1 saturated carbocycles. The fourth-order valence-electron chi connectivity index (χ4n) is 2.72. The Morgan fingerprint density at radius 3 is 2.76 bits per heavy atom. The highest BCUT2D eigenvalue weighted by Gasteiger charge is 2.44. The zero-order valence-electron chi connectivity index (χ0n) is 10.7. The summed E-state index contributed by atoms with van der Waals surface area (Å²) in [6, 6.07) is 0.633. The van der Waals surface area contributed by atoms with E-state index in [9.17, 15) is 9.90 Å². The lowest BCUT2D eigenvalue weighted by Crippen LogP contribution is -2.49. The molecule has 4 nitrogen and oxygen atoms in total. The molecule has 0 aromatic heterocycles. The predicted octanol–water partition coefficient (Wildman–Crippen LogP) is 1.74. The molecule has 1 aliphatic carbocycles. The van der Waals surface area contributed by atoms with Crippen molar-refractivity contribution < 1.29 is 14.6 Å². The normalized spacial score (nSPS) is 29.5. The maximum Gasteiger partial charge on any atom is 0.313 e. The minimum atomic E-state index is -0.682. The third-order valence-corrected chi connectivity index (χ3v) is 3.86. The highest BCUT2D eigenvalue weighted by atomic mass is 16.5. The Morgan fingerprint density at radius 2 is 2.29 bits per heavy atom. The maximum absolute atomic E-state index is 11.6. The first kappa shape index (κ1) is 12.8. The number of aliphatic carboxylic acids is 1. The Morgan fingerprint density at radius 1 is 1.53 bits per heavy atom. The Labute approximate surface area is 103 Å². The van der Waals surface area contributed by atoms with E-state index in [1.165, 1.54) is 12.8 Å². The summed E-state index contributed by atoms with van der Waals surface area (Å²) in [5, 5.41) is 9.50. The van der Waals surface area contributed by atoms with Gasteiger partial charge in [0, 0.05) is 19.2 Å². The van der Waals surface area contributed by atoms with Crippen LogP contribution in [0.4, 0.5) is 0 Å². The molecule has 1 heterocycles. The van der Waals surface area contributed by atoms with Crippen molar-refractivity contribution in [1.82, 2.24) is 4.90 Å². The van der Waals surface area contributed by atoms with E-state index < -0.39 is 11.4 Å². The molecule has 0 aromatic rings. The average molecular weight is 241 g/mol. The number of carbonyl (C=O) groups is 1. The van der Waals surface area contributed by atoms with Crippen LogP contribution in [0, 0.1) is 5.41 Å². The SMILES string of the molecule is CCCN(CC1(C(=O)O)CCCOC1)C1CC1. The van der Waals surface area contributed by atoms with Crippen molar-refractivity contribution in [2.24, 2.45) is 5.41 Å². The number of hydrogen-bond donors (Lipinski definition) is 1. The van der Waals surface area contributed by atoms with E-state index in [0.717, 1.165) is 25.8 Å². The quantitative estimate of drug-likeness (QED) is 0.769. The zero-order chi connectivity index (χ0) is 12.3. The second-order valence-corrected chi connectivity index (χ2v) is 5.44. The molecule has 0 aromatic carbocycles. The van der Waals surface area contributed by atoms with E-state index in [1.807, 2.05) is 0 Å². The van der Waals surface area contributed by atoms with Gasteiger partial charge in [-0.05, 0) is 38.6 Å². The molecule has 2 rings (SSSR count). The molecule has 1 unspecified atom stereocenters. The van der Waals surface area contributed by atoms with Crippen LogP contribution in [0.5, 0.6) is 0 Å². The van der Waals surface area contributed by atoms with Crippen molar-refractivity contribution in [3.63, 3.8) is 0 Å². The van der Waals surface area contributed by atoms with E-state index in [4.69, 9.17) is 4.74 Å². The highest BCUT2D eigenvalue weighted by molar-refractivity contribution is 5.75. The molecule has 98 valence electrons. The molecule has 0 bridgehead atoms. The van der Waals surface area contributed by atoms with Gasteiger partial charge < -0.3 is 9.84 Å². The minimum absolute atomic E-state index is 0.384. The molecular formula is C13H23NO3. The summed E-state index contributed by atoms with van der Waals surface area (Å²) < 4.78 is 5.42. The van der Waals surface area contributed by atoms with Gasteiger partial charge in [-0.2, -0.15) is 0 Å². The Hall–Kier alpha value is -0.610. The van der Waals surface area contributed by atoms with Crippen molar-refractivity contribution in [2.45, 2.75) is 45.1 Å². The molecule has 4 heteroatoms. The molecule has 1 aliphatic heterocycles. The van der Waals surface area contributed by atoms with Crippen molar-refractivity contribution in [3.05, 3.63) is 0 Å². The third kappa shape index (κ3) is 2.99. The summed E-state index contributed by atoms with van der Waals surface area (Å²) in [6.07, 6.45) is 5.19. The topological polar surface area (TPSA) is 49.8 Å². The van der Waals surface area contributed by atoms with Gasteiger partial charge in [0.15, 0.2) is 0 Å². The van der Waals surface area contributed by atoms with Crippen LogP contribution in [0.3, 0.4) is 0 Å². The summed E-state index contributed by atoms with van der Waals surface area (Å²) in [4.78, 5) is 13.9. The van der Waals surface area contributed by atoms with Crippen LogP contribution in [0.15, 0.2) is 0 Å². The lowest BCUT2D eigenvalue weighted by molar-refractivity contribution is -0.159. The van der Waals surface area contributed by atoms with E-state index >= 15 is 0 Å². The van der Waals surface area contributed by atoms with Crippen LogP contribution in [0.25, 0.3) is 0 Å². The number of carboxylic acid groups (broad SMARTS) is 1. The van der Waals surface area contributed by atoms with Crippen LogP contribution in [0.1, 0.15) is 39.0 Å². The number of rotatable bonds is 6. The lowest BCUT2D eigenvalue weighted by Gasteiger charge is -2.37. The van der Waals surface area contributed by atoms with E-state index in [1.54, 1.807) is 0 Å². The fraction of sp³-hybridized carbons (Fsp3) is 0.923. The number of hydrogen-bond acceptors (Lipinski definition) is 3. The van der Waals surface area contributed by atoms with Gasteiger partial charge in [-0.3, -0.25) is 9.69 Å². The highest BCUT2D eigenvalue weighted by Crippen LogP contribution is 2.35. The number of carboxylic acids is 1. The average Bonchev–Trinajstić information content (AvgIpc) is 3.13. The third-order valence-electron chi connectivity index (χ3n) is 3.86. The largest absolute Gasteiger partial charge is 0.481 e. The van der Waals surface area contributed by atoms with Crippen molar-refractivity contribution >= 4 is 5.97 Å². The van der Waals surface area contributed by atoms with E-state index in [-0.39, 0.29) is 0 Å². The summed E-state index contributed by atoms with van der Waals surface area (Å²) >= 11 is 0. The Kier molecular flexibility index (Phi) is 4.05. The molecule has 17 heavy (non-hydrogen) atoms. The maximum atomic E-state index is 11.6. The second kappa shape index (κ2) is 5.36. The molecule has 1 saturated heterocycles. The van der Waals surface area contributed by atoms with Gasteiger partial charge >= 0.3 is 5.97 Å². The zero-order valence-corrected chi connectivity index (χ0v) is 10.7. The van der Waals surface area contributed by atoms with Gasteiger partial charge in [0.25, 0.3) is 0 Å². The molecule has 0 spiro atoms. The van der Waals surface area contributed by atoms with Crippen LogP contribution >= 0.6 is 0 Å². The molecule has 0 amide bonds. The summed E-state index contributed by atoms with van der Waals surface area (Å²) in [5.74, 6) is -0.682. The first-order chi connectivity index (χ1) is 8.18. The van der Waals surface area contributed by atoms with Crippen LogP contribution in [-0.2, 0) is 9.53 Å². The molecule has 1 N–H and O–H groups in total. The predicted molar refractivity (Wildman–Crippen MR) is 65.0 cm³/mol. The van der Waals surface area contributed by atoms with E-state index in [0.29, 0.717) is 25.8 Å². The van der Waals surface area contributed by atoms with Gasteiger partial charge in [0.1, 0.15) is 5.41 Å². The van der Waals surface area contributed by atoms with Crippen LogP contribution in [-0.4, -0.2) is 48.3 Å². The van der Waals surface area contributed by atoms with E-state index in [2.05, 4.69) is 11.8 Å². The summed E-state index contributed by atoms with van der Waals surface area (Å²) in [6.45, 7) is 4.93. The molecule has 0 radical (unpaired) electrons. The first-order valence-corrected chi connectivity index (χ1v) is 6.73. The Bertz CT molecular complexity index is 270. The van der Waals surface area contributed by atoms with Crippen LogP contribution in [0.2, 0.25) is 0 Å². The van der Waals surface area contributed by atoms with Gasteiger partial charge in [-0.1, -0.05) is 6.92 Å². The minimum Gasteiger partial charge on any atom is -0.481 e. The van der Waals surface area contributed by atoms with Gasteiger partial charge in [-0.15, -0.1) is 0 Å². The first-order valence-electron chi connectivity index (χ1n) is 6.73. The fourth-order valence-corrected chi connectivity index (χ4v) is 2.72. The van der Waals surface area contributed by atoms with Crippen molar-refractivity contribution in [2.75, 3.05) is 26.3 Å². The number of nitrogens with zero attached hydrogens (tertiary/aromatic N) is 1. The van der Waals surface area contributed by atoms with Gasteiger partial charge in [0.05, 0.1) is 6.61 Å². The molecule has 2 aliphatic rings. The standard InChI is InChI=1S/C13H23NO3/c1-2-7-14(11-4-5-11)9-13(12(15)16)6-3-8-17-10-13/h11H,2-10H2,1H3,(H,15,16). The molecular weight excluding hydrogens is 218 g/mol. The van der Waals surface area contributed by atoms with Crippen molar-refractivity contribution in [1.29, 1.82) is 0 Å². The smallest absolute Gasteiger partial charge is 0.313 e.